The summed E-state index contributed by atoms with van der Waals surface area (Å²) in [6.45, 7) is 0.560. The fraction of sp³-hybridized carbons (Fsp3) is 0.118. The van der Waals surface area contributed by atoms with Crippen molar-refractivity contribution in [3.05, 3.63) is 68.7 Å². The van der Waals surface area contributed by atoms with Crippen LogP contribution < -0.4 is 5.32 Å². The second kappa shape index (κ2) is 6.95. The summed E-state index contributed by atoms with van der Waals surface area (Å²) in [4.78, 5) is 4.45. The first-order valence-electron chi connectivity index (χ1n) is 7.00. The lowest BCUT2D eigenvalue weighted by Gasteiger charge is -2.10. The Hall–Kier alpha value is -1.49. The minimum Gasteiger partial charge on any atom is -0.352 e. The number of aromatic nitrogens is 2. The van der Waals surface area contributed by atoms with Crippen molar-refractivity contribution < 1.29 is 0 Å². The molecule has 0 bridgehead atoms. The van der Waals surface area contributed by atoms with Crippen LogP contribution in [0.1, 0.15) is 5.56 Å². The maximum atomic E-state index is 6.21. The predicted octanol–water partition coefficient (Wildman–Crippen LogP) is 5.77. The van der Waals surface area contributed by atoms with E-state index in [1.54, 1.807) is 6.07 Å². The first kappa shape index (κ1) is 16.4. The summed E-state index contributed by atoms with van der Waals surface area (Å²) >= 11 is 15.7. The number of rotatable bonds is 4. The minimum absolute atomic E-state index is 0.557. The molecule has 0 saturated heterocycles. The van der Waals surface area contributed by atoms with Crippen molar-refractivity contribution >= 4 is 45.1 Å². The van der Waals surface area contributed by atoms with Gasteiger partial charge in [-0.05, 0) is 29.3 Å². The Balaban J connectivity index is 1.80. The first-order chi connectivity index (χ1) is 11.1. The minimum atomic E-state index is 0.557. The lowest BCUT2D eigenvalue weighted by Crippen LogP contribution is -2.06. The third-order valence-corrected chi connectivity index (χ3v) is 4.98. The summed E-state index contributed by atoms with van der Waals surface area (Å²) in [6, 6.07) is 13.7. The van der Waals surface area contributed by atoms with Crippen LogP contribution in [0.5, 0.6) is 0 Å². The van der Waals surface area contributed by atoms with Crippen molar-refractivity contribution in [2.75, 3.05) is 5.32 Å². The monoisotopic (exact) mass is 409 g/mol. The summed E-state index contributed by atoms with van der Waals surface area (Å²) in [7, 11) is 1.98. The molecule has 6 heteroatoms. The molecule has 1 heterocycles. The largest absolute Gasteiger partial charge is 0.352 e. The van der Waals surface area contributed by atoms with E-state index < -0.39 is 0 Å². The maximum absolute atomic E-state index is 6.21. The van der Waals surface area contributed by atoms with Crippen molar-refractivity contribution in [3.8, 4) is 11.3 Å². The van der Waals surface area contributed by atoms with Gasteiger partial charge in [0.1, 0.15) is 0 Å². The van der Waals surface area contributed by atoms with Crippen LogP contribution in [0.2, 0.25) is 10.0 Å². The van der Waals surface area contributed by atoms with E-state index in [-0.39, 0.29) is 0 Å². The quantitative estimate of drug-likeness (QED) is 0.591. The Morgan fingerprint density at radius 2 is 1.87 bits per heavy atom. The number of halogens is 3. The van der Waals surface area contributed by atoms with Gasteiger partial charge >= 0.3 is 0 Å². The number of anilines is 1. The van der Waals surface area contributed by atoms with Crippen LogP contribution in [0.25, 0.3) is 11.3 Å². The SMILES string of the molecule is Cn1c(-c2ccc(Br)cc2)cnc1NCc1cccc(Cl)c1Cl. The fourth-order valence-electron chi connectivity index (χ4n) is 2.32. The van der Waals surface area contributed by atoms with Gasteiger partial charge in [-0.3, -0.25) is 0 Å². The highest BCUT2D eigenvalue weighted by Crippen LogP contribution is 2.27. The number of benzene rings is 2. The molecule has 0 aliphatic rings. The molecular weight excluding hydrogens is 397 g/mol. The summed E-state index contributed by atoms with van der Waals surface area (Å²) in [6.07, 6.45) is 1.85. The highest BCUT2D eigenvalue weighted by Gasteiger charge is 2.10. The Bertz CT molecular complexity index is 828. The predicted molar refractivity (Wildman–Crippen MR) is 100 cm³/mol. The highest BCUT2D eigenvalue weighted by atomic mass is 79.9. The van der Waals surface area contributed by atoms with Gasteiger partial charge in [0.15, 0.2) is 0 Å². The van der Waals surface area contributed by atoms with Gasteiger partial charge < -0.3 is 9.88 Å². The molecule has 0 unspecified atom stereocenters. The van der Waals surface area contributed by atoms with Crippen molar-refractivity contribution in [2.45, 2.75) is 6.54 Å². The van der Waals surface area contributed by atoms with Crippen molar-refractivity contribution in [3.63, 3.8) is 0 Å². The summed E-state index contributed by atoms with van der Waals surface area (Å²) < 4.78 is 3.07. The molecule has 0 spiro atoms. The first-order valence-corrected chi connectivity index (χ1v) is 8.55. The summed E-state index contributed by atoms with van der Waals surface area (Å²) in [5.41, 5.74) is 3.08. The van der Waals surface area contributed by atoms with Gasteiger partial charge in [0.05, 0.1) is 21.9 Å². The van der Waals surface area contributed by atoms with Crippen LogP contribution in [0.4, 0.5) is 5.95 Å². The third-order valence-electron chi connectivity index (χ3n) is 3.60. The molecule has 23 heavy (non-hydrogen) atoms. The average molecular weight is 411 g/mol. The molecule has 0 aliphatic carbocycles. The molecule has 3 nitrogen and oxygen atoms in total. The second-order valence-electron chi connectivity index (χ2n) is 5.10. The lowest BCUT2D eigenvalue weighted by atomic mass is 10.2. The van der Waals surface area contributed by atoms with E-state index in [2.05, 4.69) is 38.4 Å². The van der Waals surface area contributed by atoms with Crippen LogP contribution in [-0.4, -0.2) is 9.55 Å². The smallest absolute Gasteiger partial charge is 0.203 e. The Labute approximate surface area is 153 Å². The van der Waals surface area contributed by atoms with Crippen molar-refractivity contribution in [2.24, 2.45) is 7.05 Å². The van der Waals surface area contributed by atoms with Gasteiger partial charge in [-0.2, -0.15) is 0 Å². The third kappa shape index (κ3) is 3.55. The van der Waals surface area contributed by atoms with E-state index in [0.29, 0.717) is 16.6 Å². The molecule has 1 aromatic heterocycles. The van der Waals surface area contributed by atoms with Crippen LogP contribution >= 0.6 is 39.1 Å². The fourth-order valence-corrected chi connectivity index (χ4v) is 2.97. The van der Waals surface area contributed by atoms with E-state index in [0.717, 1.165) is 27.2 Å². The van der Waals surface area contributed by atoms with Gasteiger partial charge in [-0.15, -0.1) is 0 Å². The molecule has 3 rings (SSSR count). The zero-order valence-electron chi connectivity index (χ0n) is 12.4. The van der Waals surface area contributed by atoms with Crippen LogP contribution in [0.3, 0.4) is 0 Å². The van der Waals surface area contributed by atoms with E-state index in [4.69, 9.17) is 23.2 Å². The summed E-state index contributed by atoms with van der Waals surface area (Å²) in [5, 5.41) is 4.43. The van der Waals surface area contributed by atoms with Gasteiger partial charge in [0.25, 0.3) is 0 Å². The zero-order valence-corrected chi connectivity index (χ0v) is 15.5. The topological polar surface area (TPSA) is 29.9 Å². The molecule has 0 aliphatic heterocycles. The molecule has 0 saturated carbocycles. The average Bonchev–Trinajstić information content (AvgIpc) is 2.91. The number of imidazole rings is 1. The van der Waals surface area contributed by atoms with E-state index >= 15 is 0 Å². The number of hydrogen-bond donors (Lipinski definition) is 1. The molecule has 0 radical (unpaired) electrons. The van der Waals surface area contributed by atoms with Gasteiger partial charge in [-0.1, -0.05) is 63.4 Å². The van der Waals surface area contributed by atoms with Gasteiger partial charge in [0.2, 0.25) is 5.95 Å². The van der Waals surface area contributed by atoms with E-state index in [1.807, 2.05) is 42.1 Å². The molecule has 3 aromatic rings. The lowest BCUT2D eigenvalue weighted by molar-refractivity contribution is 0.907. The highest BCUT2D eigenvalue weighted by molar-refractivity contribution is 9.10. The molecule has 0 amide bonds. The summed E-state index contributed by atoms with van der Waals surface area (Å²) in [5.74, 6) is 0.777. The van der Waals surface area contributed by atoms with Crippen LogP contribution in [0.15, 0.2) is 53.1 Å². The zero-order chi connectivity index (χ0) is 16.4. The van der Waals surface area contributed by atoms with E-state index in [1.165, 1.54) is 0 Å². The second-order valence-corrected chi connectivity index (χ2v) is 6.80. The molecule has 2 aromatic carbocycles. The Morgan fingerprint density at radius 1 is 1.13 bits per heavy atom. The standard InChI is InChI=1S/C17H14BrCl2N3/c1-23-15(11-5-7-13(18)8-6-11)10-22-17(23)21-9-12-3-2-4-14(19)16(12)20/h2-8,10H,9H2,1H3,(H,21,22). The van der Waals surface area contributed by atoms with Gasteiger partial charge in [0, 0.05) is 18.1 Å². The normalized spacial score (nSPS) is 10.8. The van der Waals surface area contributed by atoms with Crippen LogP contribution in [0, 0.1) is 0 Å². The maximum Gasteiger partial charge on any atom is 0.203 e. The number of nitrogens with zero attached hydrogens (tertiary/aromatic N) is 2. The number of nitrogens with one attached hydrogen (secondary N) is 1. The number of hydrogen-bond acceptors (Lipinski definition) is 2. The van der Waals surface area contributed by atoms with E-state index in [9.17, 15) is 0 Å². The molecule has 1 N–H and O–H groups in total. The van der Waals surface area contributed by atoms with Crippen molar-refractivity contribution in [1.82, 2.24) is 9.55 Å². The molecule has 0 atom stereocenters. The molecular formula is C17H14BrCl2N3. The van der Waals surface area contributed by atoms with Crippen molar-refractivity contribution in [1.29, 1.82) is 0 Å². The van der Waals surface area contributed by atoms with Crippen LogP contribution in [-0.2, 0) is 13.6 Å². The Kier molecular flexibility index (Phi) is 4.95. The molecule has 0 fully saturated rings. The molecule has 118 valence electrons. The Morgan fingerprint density at radius 3 is 2.61 bits per heavy atom. The van der Waals surface area contributed by atoms with Gasteiger partial charge in [-0.25, -0.2) is 4.98 Å².